The SMILES string of the molecule is CCc1nc(CNC(=NC)N2CCC(N3CC=CC3)C2)cs1.I. The Labute approximate surface area is 159 Å². The second-order valence-electron chi connectivity index (χ2n) is 5.80. The zero-order valence-electron chi connectivity index (χ0n) is 13.9. The van der Waals surface area contributed by atoms with E-state index in [9.17, 15) is 0 Å². The number of hydrogen-bond donors (Lipinski definition) is 1. The maximum Gasteiger partial charge on any atom is 0.194 e. The largest absolute Gasteiger partial charge is 0.351 e. The molecule has 1 N–H and O–H groups in total. The molecule has 0 aliphatic carbocycles. The summed E-state index contributed by atoms with van der Waals surface area (Å²) < 4.78 is 0. The van der Waals surface area contributed by atoms with Gasteiger partial charge < -0.3 is 10.2 Å². The van der Waals surface area contributed by atoms with Crippen molar-refractivity contribution in [3.8, 4) is 0 Å². The molecule has 23 heavy (non-hydrogen) atoms. The standard InChI is InChI=1S/C16H25N5S.HI/c1-3-15-19-13(12-22-15)10-18-16(17-2)21-9-6-14(11-21)20-7-4-5-8-20;/h4-5,12,14H,3,6-11H2,1-2H3,(H,17,18);1H. The molecule has 0 saturated carbocycles. The average Bonchev–Trinajstić information content (AvgIpc) is 3.28. The number of rotatable bonds is 4. The van der Waals surface area contributed by atoms with Gasteiger partial charge in [-0.05, 0) is 12.8 Å². The highest BCUT2D eigenvalue weighted by Crippen LogP contribution is 2.18. The molecule has 3 heterocycles. The monoisotopic (exact) mass is 447 g/mol. The van der Waals surface area contributed by atoms with E-state index < -0.39 is 0 Å². The molecule has 0 amide bonds. The van der Waals surface area contributed by atoms with Crippen molar-refractivity contribution < 1.29 is 0 Å². The molecule has 1 atom stereocenters. The summed E-state index contributed by atoms with van der Waals surface area (Å²) in [5, 5.41) is 6.81. The second kappa shape index (κ2) is 8.98. The molecule has 1 aromatic heterocycles. The first-order valence-electron chi connectivity index (χ1n) is 8.08. The van der Waals surface area contributed by atoms with Gasteiger partial charge in [0.1, 0.15) is 0 Å². The predicted molar refractivity (Wildman–Crippen MR) is 108 cm³/mol. The number of nitrogens with zero attached hydrogens (tertiary/aromatic N) is 4. The number of thiazole rings is 1. The Morgan fingerprint density at radius 2 is 2.22 bits per heavy atom. The quantitative estimate of drug-likeness (QED) is 0.333. The Bertz CT molecular complexity index is 548. The summed E-state index contributed by atoms with van der Waals surface area (Å²) in [6.07, 6.45) is 6.77. The number of nitrogens with one attached hydrogen (secondary N) is 1. The van der Waals surface area contributed by atoms with Crippen molar-refractivity contribution in [2.75, 3.05) is 33.2 Å². The maximum absolute atomic E-state index is 4.61. The van der Waals surface area contributed by atoms with Crippen LogP contribution >= 0.6 is 35.3 Å². The van der Waals surface area contributed by atoms with E-state index >= 15 is 0 Å². The Hall–Kier alpha value is -0.670. The summed E-state index contributed by atoms with van der Waals surface area (Å²) in [4.78, 5) is 14.0. The first-order valence-corrected chi connectivity index (χ1v) is 8.96. The van der Waals surface area contributed by atoms with Gasteiger partial charge in [0.2, 0.25) is 0 Å². The molecule has 2 aliphatic rings. The molecular weight excluding hydrogens is 421 g/mol. The third kappa shape index (κ3) is 4.67. The number of likely N-dealkylation sites (tertiary alicyclic amines) is 1. The van der Waals surface area contributed by atoms with E-state index in [2.05, 4.69) is 49.5 Å². The molecule has 3 rings (SSSR count). The van der Waals surface area contributed by atoms with Crippen LogP contribution in [0.25, 0.3) is 0 Å². The Balaban J connectivity index is 0.00000192. The van der Waals surface area contributed by atoms with Gasteiger partial charge >= 0.3 is 0 Å². The molecule has 1 fully saturated rings. The Morgan fingerprint density at radius 3 is 2.87 bits per heavy atom. The summed E-state index contributed by atoms with van der Waals surface area (Å²) in [6.45, 7) is 7.26. The van der Waals surface area contributed by atoms with Gasteiger partial charge in [-0.3, -0.25) is 9.89 Å². The number of aryl methyl sites for hydroxylation is 1. The highest BCUT2D eigenvalue weighted by molar-refractivity contribution is 14.0. The predicted octanol–water partition coefficient (Wildman–Crippen LogP) is 2.35. The van der Waals surface area contributed by atoms with Gasteiger partial charge in [0.25, 0.3) is 0 Å². The second-order valence-corrected chi connectivity index (χ2v) is 6.74. The van der Waals surface area contributed by atoms with Crippen molar-refractivity contribution in [1.29, 1.82) is 0 Å². The van der Waals surface area contributed by atoms with Crippen molar-refractivity contribution in [1.82, 2.24) is 20.1 Å². The van der Waals surface area contributed by atoms with E-state index in [0.717, 1.165) is 50.8 Å². The third-order valence-electron chi connectivity index (χ3n) is 4.37. The van der Waals surface area contributed by atoms with E-state index in [1.807, 2.05) is 7.05 Å². The van der Waals surface area contributed by atoms with Gasteiger partial charge in [-0.25, -0.2) is 4.98 Å². The van der Waals surface area contributed by atoms with Crippen molar-refractivity contribution in [2.45, 2.75) is 32.4 Å². The molecule has 0 aromatic carbocycles. The number of aromatic nitrogens is 1. The highest BCUT2D eigenvalue weighted by atomic mass is 127. The summed E-state index contributed by atoms with van der Waals surface area (Å²) in [7, 11) is 1.87. The van der Waals surface area contributed by atoms with Crippen LogP contribution in [-0.2, 0) is 13.0 Å². The number of hydrogen-bond acceptors (Lipinski definition) is 4. The van der Waals surface area contributed by atoms with Gasteiger partial charge in [0.15, 0.2) is 5.96 Å². The van der Waals surface area contributed by atoms with Crippen molar-refractivity contribution >= 4 is 41.3 Å². The Morgan fingerprint density at radius 1 is 1.43 bits per heavy atom. The lowest BCUT2D eigenvalue weighted by Gasteiger charge is -2.25. The van der Waals surface area contributed by atoms with E-state index in [0.29, 0.717) is 6.04 Å². The van der Waals surface area contributed by atoms with Crippen molar-refractivity contribution in [2.24, 2.45) is 4.99 Å². The van der Waals surface area contributed by atoms with Crippen molar-refractivity contribution in [3.05, 3.63) is 28.2 Å². The van der Waals surface area contributed by atoms with E-state index in [-0.39, 0.29) is 24.0 Å². The molecule has 0 radical (unpaired) electrons. The molecule has 0 spiro atoms. The highest BCUT2D eigenvalue weighted by Gasteiger charge is 2.29. The third-order valence-corrected chi connectivity index (χ3v) is 5.41. The zero-order valence-corrected chi connectivity index (χ0v) is 17.0. The van der Waals surface area contributed by atoms with Crippen LogP contribution in [0.3, 0.4) is 0 Å². The maximum atomic E-state index is 4.61. The van der Waals surface area contributed by atoms with Crippen LogP contribution in [0.15, 0.2) is 22.5 Å². The van der Waals surface area contributed by atoms with Gasteiger partial charge in [0.05, 0.1) is 17.2 Å². The fraction of sp³-hybridized carbons (Fsp3) is 0.625. The molecule has 7 heteroatoms. The summed E-state index contributed by atoms with van der Waals surface area (Å²) in [5.41, 5.74) is 1.11. The van der Waals surface area contributed by atoms with Gasteiger partial charge in [0, 0.05) is 44.6 Å². The van der Waals surface area contributed by atoms with Crippen LogP contribution < -0.4 is 5.32 Å². The number of aliphatic imine (C=N–C) groups is 1. The molecular formula is C16H26IN5S. The molecule has 128 valence electrons. The van der Waals surface area contributed by atoms with E-state index in [1.165, 1.54) is 11.4 Å². The van der Waals surface area contributed by atoms with Crippen LogP contribution in [0.5, 0.6) is 0 Å². The minimum absolute atomic E-state index is 0. The molecule has 1 saturated heterocycles. The molecule has 1 unspecified atom stereocenters. The Kier molecular flexibility index (Phi) is 7.29. The molecule has 2 aliphatic heterocycles. The minimum atomic E-state index is 0. The van der Waals surface area contributed by atoms with Gasteiger partial charge in [-0.2, -0.15) is 0 Å². The molecule has 1 aromatic rings. The smallest absolute Gasteiger partial charge is 0.194 e. The number of guanidine groups is 1. The lowest BCUT2D eigenvalue weighted by Crippen LogP contribution is -2.42. The number of halogens is 1. The average molecular weight is 447 g/mol. The summed E-state index contributed by atoms with van der Waals surface area (Å²) in [6, 6.07) is 0.652. The molecule has 0 bridgehead atoms. The van der Waals surface area contributed by atoms with E-state index in [4.69, 9.17) is 0 Å². The zero-order chi connectivity index (χ0) is 15.4. The van der Waals surface area contributed by atoms with Gasteiger partial charge in [-0.15, -0.1) is 35.3 Å². The van der Waals surface area contributed by atoms with Crippen LogP contribution in [0.1, 0.15) is 24.0 Å². The first kappa shape index (κ1) is 18.7. The van der Waals surface area contributed by atoms with Crippen LogP contribution in [0, 0.1) is 0 Å². The lowest BCUT2D eigenvalue weighted by molar-refractivity contribution is 0.259. The normalized spacial score (nSPS) is 21.7. The summed E-state index contributed by atoms with van der Waals surface area (Å²) >= 11 is 1.74. The first-order chi connectivity index (χ1) is 10.8. The molecule has 5 nitrogen and oxygen atoms in total. The van der Waals surface area contributed by atoms with Crippen LogP contribution in [0.4, 0.5) is 0 Å². The van der Waals surface area contributed by atoms with Crippen LogP contribution in [-0.4, -0.2) is 60.0 Å². The van der Waals surface area contributed by atoms with Crippen molar-refractivity contribution in [3.63, 3.8) is 0 Å². The summed E-state index contributed by atoms with van der Waals surface area (Å²) in [5.74, 6) is 1.00. The van der Waals surface area contributed by atoms with Crippen LogP contribution in [0.2, 0.25) is 0 Å². The fourth-order valence-corrected chi connectivity index (χ4v) is 3.86. The fourth-order valence-electron chi connectivity index (χ4n) is 3.12. The lowest BCUT2D eigenvalue weighted by atomic mass is 10.2. The minimum Gasteiger partial charge on any atom is -0.351 e. The van der Waals surface area contributed by atoms with E-state index in [1.54, 1.807) is 11.3 Å². The topological polar surface area (TPSA) is 43.8 Å². The van der Waals surface area contributed by atoms with Gasteiger partial charge in [-0.1, -0.05) is 19.1 Å².